The normalized spacial score (nSPS) is 19.7. The maximum absolute atomic E-state index is 13.7. The molecule has 0 saturated carbocycles. The molecule has 19 heteroatoms. The highest BCUT2D eigenvalue weighted by Gasteiger charge is 2.48. The molecule has 0 aliphatic carbocycles. The van der Waals surface area contributed by atoms with Crippen LogP contribution in [0.5, 0.6) is 0 Å². The van der Waals surface area contributed by atoms with Gasteiger partial charge < -0.3 is 31.3 Å². The molecule has 0 spiro atoms. The molecule has 0 radical (unpaired) electrons. The topological polar surface area (TPSA) is 231 Å². The lowest BCUT2D eigenvalue weighted by Crippen LogP contribution is -2.48. The summed E-state index contributed by atoms with van der Waals surface area (Å²) in [4.78, 5) is 92.3. The Morgan fingerprint density at radius 3 is 2.56 bits per heavy atom. The second-order valence-corrected chi connectivity index (χ2v) is 12.4. The van der Waals surface area contributed by atoms with Crippen molar-refractivity contribution in [1.29, 1.82) is 5.26 Å². The number of imide groups is 1. The van der Waals surface area contributed by atoms with Crippen LogP contribution in [0.4, 0.5) is 8.78 Å². The third kappa shape index (κ3) is 10.4. The molecule has 2 aliphatic rings. The Hall–Kier alpha value is -4.70. The second-order valence-electron chi connectivity index (χ2n) is 11.2. The van der Waals surface area contributed by atoms with Gasteiger partial charge in [0.2, 0.25) is 29.5 Å². The Bertz CT molecular complexity index is 1470. The molecule has 3 rings (SSSR count). The van der Waals surface area contributed by atoms with Crippen LogP contribution in [0.15, 0.2) is 18.3 Å². The second kappa shape index (κ2) is 16.9. The van der Waals surface area contributed by atoms with Gasteiger partial charge in [-0.15, -0.1) is 11.8 Å². The Morgan fingerprint density at radius 1 is 1.19 bits per heavy atom. The maximum Gasteiger partial charge on any atom is 0.327 e. The average molecular weight is 695 g/mol. The molecule has 48 heavy (non-hydrogen) atoms. The highest BCUT2D eigenvalue weighted by Crippen LogP contribution is 2.32. The summed E-state index contributed by atoms with van der Waals surface area (Å²) in [5, 5.41) is 28.0. The third-order valence-corrected chi connectivity index (χ3v) is 8.73. The number of carbonyl (C=O) groups excluding carboxylic acids is 6. The molecule has 2 fully saturated rings. The molecule has 6 amide bonds. The van der Waals surface area contributed by atoms with E-state index in [2.05, 4.69) is 26.3 Å². The minimum atomic E-state index is -3.20. The number of aliphatic carboxylic acids is 1. The lowest BCUT2D eigenvalue weighted by Gasteiger charge is -2.23. The fraction of sp³-hybridized carbons (Fsp3) is 0.552. The molecule has 2 aliphatic heterocycles. The number of aromatic nitrogens is 1. The van der Waals surface area contributed by atoms with Crippen LogP contribution in [-0.2, 0) is 35.3 Å². The summed E-state index contributed by atoms with van der Waals surface area (Å²) in [6.45, 7) is 0.851. The molecule has 0 aromatic carbocycles. The molecule has 3 heterocycles. The van der Waals surface area contributed by atoms with Gasteiger partial charge in [0.25, 0.3) is 11.8 Å². The first-order valence-electron chi connectivity index (χ1n) is 14.9. The summed E-state index contributed by atoms with van der Waals surface area (Å²) in [6.07, 6.45) is -0.230. The fourth-order valence-electron chi connectivity index (χ4n) is 4.87. The van der Waals surface area contributed by atoms with E-state index in [0.29, 0.717) is 6.54 Å². The first-order chi connectivity index (χ1) is 22.6. The van der Waals surface area contributed by atoms with Crippen LogP contribution in [0, 0.1) is 11.3 Å². The van der Waals surface area contributed by atoms with Gasteiger partial charge in [-0.2, -0.15) is 5.26 Å². The van der Waals surface area contributed by atoms with Crippen LogP contribution < -0.4 is 21.3 Å². The van der Waals surface area contributed by atoms with E-state index < -0.39 is 77.8 Å². The molecule has 16 nitrogen and oxygen atoms in total. The molecule has 4 atom stereocenters. The summed E-state index contributed by atoms with van der Waals surface area (Å²) in [5.74, 6) is -8.34. The predicted octanol–water partition coefficient (Wildman–Crippen LogP) is -0.994. The number of halogens is 2. The van der Waals surface area contributed by atoms with E-state index in [1.165, 1.54) is 25.3 Å². The summed E-state index contributed by atoms with van der Waals surface area (Å²) in [5.41, 5.74) is 0.305. The van der Waals surface area contributed by atoms with Crippen molar-refractivity contribution >= 4 is 53.2 Å². The smallest absolute Gasteiger partial charge is 0.327 e. The maximum atomic E-state index is 13.7. The summed E-state index contributed by atoms with van der Waals surface area (Å²) < 4.78 is 27.5. The van der Waals surface area contributed by atoms with Crippen LogP contribution >= 0.6 is 11.8 Å². The van der Waals surface area contributed by atoms with Crippen LogP contribution in [0.1, 0.15) is 48.7 Å². The van der Waals surface area contributed by atoms with Gasteiger partial charge >= 0.3 is 5.97 Å². The van der Waals surface area contributed by atoms with Crippen LogP contribution in [-0.4, -0.2) is 123 Å². The monoisotopic (exact) mass is 694 g/mol. The van der Waals surface area contributed by atoms with E-state index in [1.54, 1.807) is 13.1 Å². The minimum Gasteiger partial charge on any atom is -0.480 e. The number of carboxylic acids is 1. The predicted molar refractivity (Wildman–Crippen MR) is 164 cm³/mol. The summed E-state index contributed by atoms with van der Waals surface area (Å²) in [7, 11) is 1.68. The number of carboxylic acid groups (broad SMARTS) is 1. The first-order valence-corrected chi connectivity index (χ1v) is 15.9. The van der Waals surface area contributed by atoms with Crippen LogP contribution in [0.25, 0.3) is 0 Å². The molecule has 5 N–H and O–H groups in total. The highest BCUT2D eigenvalue weighted by atomic mass is 32.2. The average Bonchev–Trinajstić information content (AvgIpc) is 3.51. The number of rotatable bonds is 16. The van der Waals surface area contributed by atoms with E-state index in [4.69, 9.17) is 5.26 Å². The van der Waals surface area contributed by atoms with E-state index in [9.17, 15) is 47.4 Å². The van der Waals surface area contributed by atoms with Crippen molar-refractivity contribution < 1.29 is 47.4 Å². The van der Waals surface area contributed by atoms with Crippen molar-refractivity contribution in [2.45, 2.75) is 68.4 Å². The molecule has 2 saturated heterocycles. The zero-order valence-corrected chi connectivity index (χ0v) is 27.0. The molecule has 2 unspecified atom stereocenters. The minimum absolute atomic E-state index is 0.0591. The number of amides is 6. The van der Waals surface area contributed by atoms with Crippen LogP contribution in [0.3, 0.4) is 0 Å². The number of nitrogens with one attached hydrogen (secondary N) is 4. The van der Waals surface area contributed by atoms with E-state index in [-0.39, 0.29) is 55.3 Å². The van der Waals surface area contributed by atoms with Gasteiger partial charge in [-0.05, 0) is 26.1 Å². The molecule has 260 valence electrons. The quantitative estimate of drug-likeness (QED) is 0.131. The Balaban J connectivity index is 1.43. The van der Waals surface area contributed by atoms with Gasteiger partial charge in [0.1, 0.15) is 18.1 Å². The van der Waals surface area contributed by atoms with E-state index >= 15 is 0 Å². The number of hydrogen-bond acceptors (Lipinski definition) is 11. The van der Waals surface area contributed by atoms with Gasteiger partial charge in [-0.1, -0.05) is 0 Å². The van der Waals surface area contributed by atoms with Crippen molar-refractivity contribution in [1.82, 2.24) is 36.1 Å². The lowest BCUT2D eigenvalue weighted by molar-refractivity contribution is -0.141. The van der Waals surface area contributed by atoms with Crippen LogP contribution in [0.2, 0.25) is 0 Å². The number of likely N-dealkylation sites (tertiary alicyclic amines) is 2. The van der Waals surface area contributed by atoms with E-state index in [0.717, 1.165) is 21.6 Å². The number of carbonyl (C=O) groups is 7. The number of likely N-dealkylation sites (N-methyl/N-ethyl adjacent to an activating group) is 1. The van der Waals surface area contributed by atoms with Crippen molar-refractivity contribution in [3.63, 3.8) is 0 Å². The van der Waals surface area contributed by atoms with Gasteiger partial charge in [0, 0.05) is 56.3 Å². The van der Waals surface area contributed by atoms with Gasteiger partial charge in [-0.3, -0.25) is 38.7 Å². The molecule has 1 aromatic heterocycles. The van der Waals surface area contributed by atoms with Crippen molar-refractivity contribution in [2.24, 2.45) is 0 Å². The number of alkyl halides is 2. The largest absolute Gasteiger partial charge is 0.480 e. The van der Waals surface area contributed by atoms with Crippen molar-refractivity contribution in [3.8, 4) is 6.07 Å². The zero-order valence-electron chi connectivity index (χ0n) is 26.2. The summed E-state index contributed by atoms with van der Waals surface area (Å²) in [6, 6.07) is 0.456. The van der Waals surface area contributed by atoms with E-state index in [1.807, 2.05) is 0 Å². The SMILES string of the molecule is CNCCN1C(=O)CC(SCC(NC(=O)CCC(=O)NCc2cc(C(=O)N[C@H](C)C(=O)N3CC(F)(F)C[C@H]3C#N)ccn2)C(=O)O)C1=O. The molecule has 0 bridgehead atoms. The number of hydrogen-bond donors (Lipinski definition) is 5. The first kappa shape index (κ1) is 37.8. The number of thioether (sulfide) groups is 1. The summed E-state index contributed by atoms with van der Waals surface area (Å²) >= 11 is 0.955. The van der Waals surface area contributed by atoms with Gasteiger partial charge in [0.05, 0.1) is 30.1 Å². The Kier molecular flexibility index (Phi) is 13.3. The molecular weight excluding hydrogens is 658 g/mol. The number of nitriles is 1. The van der Waals surface area contributed by atoms with Gasteiger partial charge in [0.15, 0.2) is 0 Å². The third-order valence-electron chi connectivity index (χ3n) is 7.43. The number of pyridine rings is 1. The Morgan fingerprint density at radius 2 is 1.90 bits per heavy atom. The zero-order chi connectivity index (χ0) is 35.6. The molecule has 1 aromatic rings. The highest BCUT2D eigenvalue weighted by molar-refractivity contribution is 8.00. The Labute approximate surface area is 278 Å². The standard InChI is InChI=1S/C29H36F2N8O8S/c1-16(26(44)39-15-29(30,31)11-19(39)12-32)36-25(43)17-5-6-34-18(9-17)13-35-22(40)3-4-23(41)37-20(28(46)47)14-48-21-10-24(42)38(27(21)45)8-7-33-2/h5-6,9,16,19-21,33H,3-4,7-8,10-11,13-15H2,1-2H3,(H,35,40)(H,36,43)(H,37,41)(H,46,47)/t16-,19+,20?,21?/m1/s1. The number of nitrogens with zero attached hydrogens (tertiary/aromatic N) is 4. The lowest BCUT2D eigenvalue weighted by atomic mass is 10.1. The van der Waals surface area contributed by atoms with Crippen molar-refractivity contribution in [3.05, 3.63) is 29.6 Å². The van der Waals surface area contributed by atoms with Crippen molar-refractivity contribution in [2.75, 3.05) is 32.4 Å². The fourth-order valence-corrected chi connectivity index (χ4v) is 6.05. The molecular formula is C29H36F2N8O8S. The van der Waals surface area contributed by atoms with Gasteiger partial charge in [-0.25, -0.2) is 13.6 Å².